The number of hydrogen-bond donors (Lipinski definition) is 2. The third-order valence-electron chi connectivity index (χ3n) is 5.96. The summed E-state index contributed by atoms with van der Waals surface area (Å²) < 4.78 is 0. The monoisotopic (exact) mass is 349 g/mol. The van der Waals surface area contributed by atoms with Crippen LogP contribution in [0.5, 0.6) is 0 Å². The molecule has 5 rings (SSSR count). The number of H-pyrrole nitrogens is 1. The predicted molar refractivity (Wildman–Crippen MR) is 95.1 cm³/mol. The summed E-state index contributed by atoms with van der Waals surface area (Å²) in [7, 11) is 0. The molecule has 4 unspecified atom stereocenters. The van der Waals surface area contributed by atoms with E-state index in [2.05, 4.69) is 22.5 Å². The number of nitrogens with zero attached hydrogens (tertiary/aromatic N) is 1. The summed E-state index contributed by atoms with van der Waals surface area (Å²) >= 11 is 0. The van der Waals surface area contributed by atoms with Crippen molar-refractivity contribution in [2.24, 2.45) is 23.7 Å². The molecule has 1 saturated carbocycles. The third kappa shape index (κ3) is 2.14. The quantitative estimate of drug-likeness (QED) is 0.651. The van der Waals surface area contributed by atoms with Gasteiger partial charge < -0.3 is 10.3 Å². The minimum atomic E-state index is -0.234. The zero-order chi connectivity index (χ0) is 17.8. The molecule has 6 nitrogen and oxygen atoms in total. The second kappa shape index (κ2) is 5.56. The summed E-state index contributed by atoms with van der Waals surface area (Å²) in [5.74, 6) is -0.306. The van der Waals surface area contributed by atoms with Crippen molar-refractivity contribution in [3.63, 3.8) is 0 Å². The first-order chi connectivity index (χ1) is 12.6. The van der Waals surface area contributed by atoms with E-state index in [1.165, 1.54) is 4.90 Å². The van der Waals surface area contributed by atoms with Crippen molar-refractivity contribution >= 4 is 28.6 Å². The Morgan fingerprint density at radius 3 is 2.50 bits per heavy atom. The number of aromatic nitrogens is 1. The Morgan fingerprint density at radius 2 is 1.81 bits per heavy atom. The maximum absolute atomic E-state index is 12.6. The van der Waals surface area contributed by atoms with Gasteiger partial charge in [-0.3, -0.25) is 19.3 Å². The maximum atomic E-state index is 12.6. The normalized spacial score (nSPS) is 29.0. The number of nitrogens with one attached hydrogen (secondary N) is 2. The van der Waals surface area contributed by atoms with Crippen LogP contribution in [0.15, 0.2) is 42.5 Å². The molecule has 26 heavy (non-hydrogen) atoms. The smallest absolute Gasteiger partial charge is 0.267 e. The molecular formula is C20H19N3O3. The Balaban J connectivity index is 1.22. The van der Waals surface area contributed by atoms with Crippen molar-refractivity contribution in [2.75, 3.05) is 13.1 Å². The van der Waals surface area contributed by atoms with E-state index in [1.54, 1.807) is 6.07 Å². The summed E-state index contributed by atoms with van der Waals surface area (Å²) in [6.07, 6.45) is 5.09. The number of aromatic amines is 1. The molecule has 1 saturated heterocycles. The Bertz CT molecular complexity index is 897. The number of rotatable bonds is 4. The molecule has 2 heterocycles. The molecule has 3 aliphatic rings. The van der Waals surface area contributed by atoms with Crippen LogP contribution in [0.2, 0.25) is 0 Å². The van der Waals surface area contributed by atoms with E-state index in [-0.39, 0.29) is 54.5 Å². The summed E-state index contributed by atoms with van der Waals surface area (Å²) in [6, 6.07) is 9.47. The highest BCUT2D eigenvalue weighted by atomic mass is 16.2. The van der Waals surface area contributed by atoms with Crippen LogP contribution in [0.3, 0.4) is 0 Å². The molecule has 6 heteroatoms. The van der Waals surface area contributed by atoms with Crippen LogP contribution in [0, 0.1) is 23.7 Å². The third-order valence-corrected chi connectivity index (χ3v) is 5.96. The van der Waals surface area contributed by atoms with Crippen molar-refractivity contribution in [3.8, 4) is 0 Å². The maximum Gasteiger partial charge on any atom is 0.267 e. The van der Waals surface area contributed by atoms with Gasteiger partial charge in [0.2, 0.25) is 11.8 Å². The lowest BCUT2D eigenvalue weighted by Gasteiger charge is -2.17. The Labute approximate surface area is 150 Å². The highest BCUT2D eigenvalue weighted by Gasteiger charge is 2.58. The Hall–Kier alpha value is -2.89. The molecule has 2 fully saturated rings. The lowest BCUT2D eigenvalue weighted by molar-refractivity contribution is -0.140. The van der Waals surface area contributed by atoms with Crippen molar-refractivity contribution in [1.29, 1.82) is 0 Å². The van der Waals surface area contributed by atoms with Gasteiger partial charge in [0.25, 0.3) is 5.91 Å². The van der Waals surface area contributed by atoms with E-state index in [0.717, 1.165) is 17.3 Å². The van der Waals surface area contributed by atoms with Gasteiger partial charge in [-0.1, -0.05) is 30.4 Å². The SMILES string of the molecule is O=C(NCCN1C(=O)C2C3C=CC(C3)C2C1=O)c1cc2ccccc2[nH]1. The lowest BCUT2D eigenvalue weighted by Crippen LogP contribution is -2.39. The van der Waals surface area contributed by atoms with Gasteiger partial charge >= 0.3 is 0 Å². The fourth-order valence-electron chi connectivity index (χ4n) is 4.76. The van der Waals surface area contributed by atoms with E-state index in [4.69, 9.17) is 0 Å². The number of allylic oxidation sites excluding steroid dienone is 2. The fraction of sp³-hybridized carbons (Fsp3) is 0.350. The van der Waals surface area contributed by atoms with Gasteiger partial charge in [0.1, 0.15) is 5.69 Å². The predicted octanol–water partition coefficient (Wildman–Crippen LogP) is 1.70. The zero-order valence-electron chi connectivity index (χ0n) is 14.1. The molecule has 2 aliphatic carbocycles. The number of benzene rings is 1. The van der Waals surface area contributed by atoms with Gasteiger partial charge in [-0.2, -0.15) is 0 Å². The summed E-state index contributed by atoms with van der Waals surface area (Å²) in [5.41, 5.74) is 1.38. The summed E-state index contributed by atoms with van der Waals surface area (Å²) in [6.45, 7) is 0.490. The van der Waals surface area contributed by atoms with Crippen molar-refractivity contribution in [2.45, 2.75) is 6.42 Å². The molecular weight excluding hydrogens is 330 g/mol. The van der Waals surface area contributed by atoms with Gasteiger partial charge in [-0.25, -0.2) is 0 Å². The topological polar surface area (TPSA) is 82.3 Å². The van der Waals surface area contributed by atoms with E-state index in [1.807, 2.05) is 24.3 Å². The highest BCUT2D eigenvalue weighted by molar-refractivity contribution is 6.06. The number of hydrogen-bond acceptors (Lipinski definition) is 3. The number of imide groups is 1. The van der Waals surface area contributed by atoms with Gasteiger partial charge in [-0.05, 0) is 30.4 Å². The average Bonchev–Trinajstić information content (AvgIpc) is 3.40. The first-order valence-corrected chi connectivity index (χ1v) is 9.03. The lowest BCUT2D eigenvalue weighted by atomic mass is 9.85. The molecule has 2 N–H and O–H groups in total. The first-order valence-electron chi connectivity index (χ1n) is 9.03. The summed E-state index contributed by atoms with van der Waals surface area (Å²) in [5, 5.41) is 3.77. The molecule has 132 valence electrons. The number of amides is 3. The molecule has 1 aromatic heterocycles. The van der Waals surface area contributed by atoms with Crippen LogP contribution in [0.25, 0.3) is 10.9 Å². The molecule has 2 aromatic rings. The van der Waals surface area contributed by atoms with Crippen LogP contribution in [-0.2, 0) is 9.59 Å². The molecule has 1 aliphatic heterocycles. The van der Waals surface area contributed by atoms with Crippen molar-refractivity contribution in [3.05, 3.63) is 48.2 Å². The second-order valence-corrected chi connectivity index (χ2v) is 7.35. The number of likely N-dealkylation sites (tertiary alicyclic amines) is 1. The van der Waals surface area contributed by atoms with Crippen LogP contribution in [0.1, 0.15) is 16.9 Å². The Morgan fingerprint density at radius 1 is 1.12 bits per heavy atom. The molecule has 4 atom stereocenters. The van der Waals surface area contributed by atoms with E-state index < -0.39 is 0 Å². The highest BCUT2D eigenvalue weighted by Crippen LogP contribution is 2.52. The van der Waals surface area contributed by atoms with E-state index in [0.29, 0.717) is 5.69 Å². The van der Waals surface area contributed by atoms with E-state index >= 15 is 0 Å². The van der Waals surface area contributed by atoms with Crippen molar-refractivity contribution in [1.82, 2.24) is 15.2 Å². The molecule has 2 bridgehead atoms. The van der Waals surface area contributed by atoms with Crippen molar-refractivity contribution < 1.29 is 14.4 Å². The zero-order valence-corrected chi connectivity index (χ0v) is 14.1. The van der Waals surface area contributed by atoms with Gasteiger partial charge in [0, 0.05) is 24.0 Å². The minimum absolute atomic E-state index is 0.0725. The van der Waals surface area contributed by atoms with Crippen LogP contribution in [0.4, 0.5) is 0 Å². The van der Waals surface area contributed by atoms with Crippen LogP contribution >= 0.6 is 0 Å². The molecule has 1 aromatic carbocycles. The first kappa shape index (κ1) is 15.4. The Kier molecular flexibility index (Phi) is 3.29. The number of carbonyl (C=O) groups excluding carboxylic acids is 3. The largest absolute Gasteiger partial charge is 0.351 e. The standard InChI is InChI=1S/C20H19N3O3/c24-18(15-10-11-3-1-2-4-14(11)22-15)21-7-8-23-19(25)16-12-5-6-13(9-12)17(16)20(23)26/h1-6,10,12-13,16-17,22H,7-9H2,(H,21,24). The fourth-order valence-corrected chi connectivity index (χ4v) is 4.76. The van der Waals surface area contributed by atoms with Crippen LogP contribution < -0.4 is 5.32 Å². The summed E-state index contributed by atoms with van der Waals surface area (Å²) in [4.78, 5) is 41.9. The number of carbonyl (C=O) groups is 3. The number of para-hydroxylation sites is 1. The van der Waals surface area contributed by atoms with Gasteiger partial charge in [0.15, 0.2) is 0 Å². The molecule has 3 amide bonds. The number of fused-ring (bicyclic) bond motifs is 6. The minimum Gasteiger partial charge on any atom is -0.351 e. The average molecular weight is 349 g/mol. The van der Waals surface area contributed by atoms with Gasteiger partial charge in [0.05, 0.1) is 11.8 Å². The second-order valence-electron chi connectivity index (χ2n) is 7.35. The van der Waals surface area contributed by atoms with Crippen LogP contribution in [-0.4, -0.2) is 40.7 Å². The molecule has 0 spiro atoms. The van der Waals surface area contributed by atoms with Gasteiger partial charge in [-0.15, -0.1) is 0 Å². The molecule has 0 radical (unpaired) electrons. The van der Waals surface area contributed by atoms with E-state index in [9.17, 15) is 14.4 Å².